The normalized spacial score (nSPS) is 21.6. The topological polar surface area (TPSA) is 51.2 Å². The quantitative estimate of drug-likeness (QED) is 0.887. The fourth-order valence-electron chi connectivity index (χ4n) is 2.70. The molecule has 1 saturated heterocycles. The SMILES string of the molecule is CC1OCCC1CNC(=O)c1cnc(Cl)c2ccccc12. The Morgan fingerprint density at radius 2 is 2.19 bits per heavy atom. The highest BCUT2D eigenvalue weighted by molar-refractivity contribution is 6.34. The van der Waals surface area contributed by atoms with Gasteiger partial charge in [0.2, 0.25) is 0 Å². The molecule has 1 aliphatic rings. The molecule has 2 unspecified atom stereocenters. The van der Waals surface area contributed by atoms with Crippen LogP contribution in [0.25, 0.3) is 10.8 Å². The number of ether oxygens (including phenoxy) is 1. The van der Waals surface area contributed by atoms with Crippen LogP contribution in [0.15, 0.2) is 30.5 Å². The van der Waals surface area contributed by atoms with Crippen LogP contribution in [-0.2, 0) is 4.74 Å². The first-order valence-electron chi connectivity index (χ1n) is 7.10. The van der Waals surface area contributed by atoms with Crippen molar-refractivity contribution in [3.63, 3.8) is 0 Å². The highest BCUT2D eigenvalue weighted by Gasteiger charge is 2.24. The van der Waals surface area contributed by atoms with E-state index in [1.807, 2.05) is 31.2 Å². The third kappa shape index (κ3) is 2.87. The van der Waals surface area contributed by atoms with E-state index in [9.17, 15) is 4.79 Å². The zero-order valence-corrected chi connectivity index (χ0v) is 12.6. The molecule has 5 heteroatoms. The van der Waals surface area contributed by atoms with E-state index in [1.165, 1.54) is 6.20 Å². The number of carbonyl (C=O) groups excluding carboxylic acids is 1. The van der Waals surface area contributed by atoms with E-state index in [1.54, 1.807) is 0 Å². The summed E-state index contributed by atoms with van der Waals surface area (Å²) in [6.45, 7) is 3.44. The van der Waals surface area contributed by atoms with E-state index >= 15 is 0 Å². The number of benzene rings is 1. The van der Waals surface area contributed by atoms with Crippen molar-refractivity contribution in [2.75, 3.05) is 13.2 Å². The van der Waals surface area contributed by atoms with Gasteiger partial charge in [0.25, 0.3) is 5.91 Å². The van der Waals surface area contributed by atoms with Gasteiger partial charge in [-0.1, -0.05) is 35.9 Å². The minimum absolute atomic E-state index is 0.116. The lowest BCUT2D eigenvalue weighted by Crippen LogP contribution is -2.32. The van der Waals surface area contributed by atoms with Crippen molar-refractivity contribution >= 4 is 28.3 Å². The number of hydrogen-bond donors (Lipinski definition) is 1. The average Bonchev–Trinajstić information content (AvgIpc) is 2.91. The van der Waals surface area contributed by atoms with E-state index in [4.69, 9.17) is 16.3 Å². The van der Waals surface area contributed by atoms with Crippen LogP contribution >= 0.6 is 11.6 Å². The monoisotopic (exact) mass is 304 g/mol. The van der Waals surface area contributed by atoms with Crippen LogP contribution < -0.4 is 5.32 Å². The van der Waals surface area contributed by atoms with E-state index in [2.05, 4.69) is 10.3 Å². The van der Waals surface area contributed by atoms with Gasteiger partial charge in [0.15, 0.2) is 0 Å². The lowest BCUT2D eigenvalue weighted by Gasteiger charge is -2.15. The highest BCUT2D eigenvalue weighted by atomic mass is 35.5. The molecule has 1 aromatic heterocycles. The summed E-state index contributed by atoms with van der Waals surface area (Å²) in [6.07, 6.45) is 2.72. The van der Waals surface area contributed by atoms with Crippen LogP contribution in [0, 0.1) is 5.92 Å². The summed E-state index contributed by atoms with van der Waals surface area (Å²) >= 11 is 6.07. The minimum Gasteiger partial charge on any atom is -0.378 e. The lowest BCUT2D eigenvalue weighted by atomic mass is 10.0. The molecule has 2 aromatic rings. The number of hydrogen-bond acceptors (Lipinski definition) is 3. The maximum atomic E-state index is 12.4. The number of aromatic nitrogens is 1. The minimum atomic E-state index is -0.116. The van der Waals surface area contributed by atoms with Gasteiger partial charge < -0.3 is 10.1 Å². The van der Waals surface area contributed by atoms with Gasteiger partial charge in [-0.2, -0.15) is 0 Å². The summed E-state index contributed by atoms with van der Waals surface area (Å²) in [5, 5.41) is 5.02. The van der Waals surface area contributed by atoms with Crippen molar-refractivity contribution in [1.29, 1.82) is 0 Å². The smallest absolute Gasteiger partial charge is 0.253 e. The van der Waals surface area contributed by atoms with Crippen LogP contribution in [-0.4, -0.2) is 30.1 Å². The first kappa shape index (κ1) is 14.3. The van der Waals surface area contributed by atoms with Gasteiger partial charge in [0, 0.05) is 30.7 Å². The number of pyridine rings is 1. The lowest BCUT2D eigenvalue weighted by molar-refractivity contribution is 0.0908. The fourth-order valence-corrected chi connectivity index (χ4v) is 2.92. The third-order valence-electron chi connectivity index (χ3n) is 4.05. The Bertz CT molecular complexity index is 674. The number of fused-ring (bicyclic) bond motifs is 1. The molecule has 2 heterocycles. The molecule has 1 aromatic carbocycles. The molecular formula is C16H17ClN2O2. The molecular weight excluding hydrogens is 288 g/mol. The molecule has 1 amide bonds. The number of rotatable bonds is 3. The molecule has 4 nitrogen and oxygen atoms in total. The van der Waals surface area contributed by atoms with Gasteiger partial charge in [-0.15, -0.1) is 0 Å². The third-order valence-corrected chi connectivity index (χ3v) is 4.35. The molecule has 0 aliphatic carbocycles. The van der Waals surface area contributed by atoms with Crippen molar-refractivity contribution in [2.24, 2.45) is 5.92 Å². The first-order chi connectivity index (χ1) is 10.2. The molecule has 0 spiro atoms. The molecule has 3 rings (SSSR count). The Morgan fingerprint density at radius 1 is 1.43 bits per heavy atom. The predicted molar refractivity (Wildman–Crippen MR) is 82.6 cm³/mol. The number of nitrogens with zero attached hydrogens (tertiary/aromatic N) is 1. The van der Waals surface area contributed by atoms with Crippen molar-refractivity contribution in [3.8, 4) is 0 Å². The van der Waals surface area contributed by atoms with Gasteiger partial charge in [0.05, 0.1) is 11.7 Å². The van der Waals surface area contributed by atoms with Crippen LogP contribution in [0.1, 0.15) is 23.7 Å². The summed E-state index contributed by atoms with van der Waals surface area (Å²) in [5.41, 5.74) is 0.557. The van der Waals surface area contributed by atoms with Crippen molar-refractivity contribution in [2.45, 2.75) is 19.4 Å². The summed E-state index contributed by atoms with van der Waals surface area (Å²) in [7, 11) is 0. The van der Waals surface area contributed by atoms with Crippen LogP contribution in [0.5, 0.6) is 0 Å². The molecule has 2 atom stereocenters. The molecule has 1 aliphatic heterocycles. The van der Waals surface area contributed by atoms with Crippen molar-refractivity contribution < 1.29 is 9.53 Å². The molecule has 0 saturated carbocycles. The van der Waals surface area contributed by atoms with Crippen molar-refractivity contribution in [3.05, 3.63) is 41.2 Å². The second-order valence-corrected chi connectivity index (χ2v) is 5.70. The van der Waals surface area contributed by atoms with Gasteiger partial charge in [-0.25, -0.2) is 4.98 Å². The fraction of sp³-hybridized carbons (Fsp3) is 0.375. The van der Waals surface area contributed by atoms with Gasteiger partial charge in [-0.3, -0.25) is 4.79 Å². The number of halogens is 1. The van der Waals surface area contributed by atoms with E-state index < -0.39 is 0 Å². The maximum Gasteiger partial charge on any atom is 0.253 e. The number of carbonyl (C=O) groups is 1. The zero-order chi connectivity index (χ0) is 14.8. The van der Waals surface area contributed by atoms with E-state index in [0.717, 1.165) is 23.8 Å². The Balaban J connectivity index is 1.80. The average molecular weight is 305 g/mol. The van der Waals surface area contributed by atoms with Crippen LogP contribution in [0.2, 0.25) is 5.15 Å². The highest BCUT2D eigenvalue weighted by Crippen LogP contribution is 2.24. The standard InChI is InChI=1S/C16H17ClN2O2/c1-10-11(6-7-21-10)8-19-16(20)14-9-18-15(17)13-5-3-2-4-12(13)14/h2-5,9-11H,6-8H2,1H3,(H,19,20). The summed E-state index contributed by atoms with van der Waals surface area (Å²) in [6, 6.07) is 7.53. The molecule has 21 heavy (non-hydrogen) atoms. The Labute approximate surface area is 128 Å². The summed E-state index contributed by atoms with van der Waals surface area (Å²) in [4.78, 5) is 16.5. The molecule has 0 bridgehead atoms. The molecule has 110 valence electrons. The molecule has 1 fully saturated rings. The van der Waals surface area contributed by atoms with Crippen LogP contribution in [0.3, 0.4) is 0 Å². The number of amides is 1. The summed E-state index contributed by atoms with van der Waals surface area (Å²) in [5.74, 6) is 0.259. The van der Waals surface area contributed by atoms with Gasteiger partial charge in [-0.05, 0) is 18.7 Å². The Morgan fingerprint density at radius 3 is 2.90 bits per heavy atom. The van der Waals surface area contributed by atoms with E-state index in [0.29, 0.717) is 23.2 Å². The van der Waals surface area contributed by atoms with Crippen molar-refractivity contribution in [1.82, 2.24) is 10.3 Å². The Kier molecular flexibility index (Phi) is 4.08. The zero-order valence-electron chi connectivity index (χ0n) is 11.8. The van der Waals surface area contributed by atoms with Gasteiger partial charge >= 0.3 is 0 Å². The first-order valence-corrected chi connectivity index (χ1v) is 7.47. The molecule has 1 N–H and O–H groups in total. The molecule has 0 radical (unpaired) electrons. The van der Waals surface area contributed by atoms with Gasteiger partial charge in [0.1, 0.15) is 5.15 Å². The second kappa shape index (κ2) is 6.00. The Hall–Kier alpha value is -1.65. The number of nitrogens with one attached hydrogen (secondary N) is 1. The second-order valence-electron chi connectivity index (χ2n) is 5.34. The summed E-state index contributed by atoms with van der Waals surface area (Å²) < 4.78 is 5.51. The maximum absolute atomic E-state index is 12.4. The predicted octanol–water partition coefficient (Wildman–Crippen LogP) is 3.04. The largest absolute Gasteiger partial charge is 0.378 e. The van der Waals surface area contributed by atoms with E-state index in [-0.39, 0.29) is 12.0 Å². The van der Waals surface area contributed by atoms with Crippen LogP contribution in [0.4, 0.5) is 0 Å².